The third-order valence-electron chi connectivity index (χ3n) is 12.2. The van der Waals surface area contributed by atoms with Crippen molar-refractivity contribution in [3.63, 3.8) is 0 Å². The maximum absolute atomic E-state index is 12.8. The minimum atomic E-state index is -0.801. The van der Waals surface area contributed by atoms with Crippen molar-refractivity contribution in [2.75, 3.05) is 13.2 Å². The highest BCUT2D eigenvalue weighted by Crippen LogP contribution is 2.13. The second-order valence-electron chi connectivity index (χ2n) is 19.5. The molecule has 0 bridgehead atoms. The van der Waals surface area contributed by atoms with Crippen LogP contribution in [0.1, 0.15) is 239 Å². The highest BCUT2D eigenvalue weighted by atomic mass is 16.6. The second-order valence-corrected chi connectivity index (χ2v) is 19.5. The van der Waals surface area contributed by atoms with E-state index >= 15 is 0 Å². The fourth-order valence-electron chi connectivity index (χ4n) is 7.69. The molecule has 0 aromatic heterocycles. The van der Waals surface area contributed by atoms with E-state index in [1.165, 1.54) is 12.8 Å². The highest BCUT2D eigenvalue weighted by Gasteiger charge is 2.19. The molecule has 0 fully saturated rings. The molecule has 430 valence electrons. The molecule has 6 nitrogen and oxygen atoms in total. The Bertz CT molecular complexity index is 1790. The van der Waals surface area contributed by atoms with Gasteiger partial charge >= 0.3 is 17.9 Å². The summed E-state index contributed by atoms with van der Waals surface area (Å²) < 4.78 is 16.7. The highest BCUT2D eigenvalue weighted by molar-refractivity contribution is 5.71. The summed E-state index contributed by atoms with van der Waals surface area (Å²) in [5.74, 6) is -0.963. The van der Waals surface area contributed by atoms with E-state index in [1.807, 2.05) is 0 Å². The molecular formula is C71H110O6. The van der Waals surface area contributed by atoms with Crippen molar-refractivity contribution in [2.45, 2.75) is 245 Å². The largest absolute Gasteiger partial charge is 0.462 e. The van der Waals surface area contributed by atoms with Gasteiger partial charge in [0, 0.05) is 19.3 Å². The molecule has 0 rings (SSSR count). The van der Waals surface area contributed by atoms with E-state index in [9.17, 15) is 14.4 Å². The monoisotopic (exact) mass is 1060 g/mol. The van der Waals surface area contributed by atoms with Crippen LogP contribution in [-0.2, 0) is 28.6 Å². The lowest BCUT2D eigenvalue weighted by atomic mass is 10.1. The van der Waals surface area contributed by atoms with Crippen molar-refractivity contribution in [3.8, 4) is 0 Å². The van der Waals surface area contributed by atoms with E-state index < -0.39 is 6.10 Å². The smallest absolute Gasteiger partial charge is 0.306 e. The first kappa shape index (κ1) is 71.8. The van der Waals surface area contributed by atoms with Crippen molar-refractivity contribution < 1.29 is 28.6 Å². The van der Waals surface area contributed by atoms with Gasteiger partial charge in [-0.15, -0.1) is 0 Å². The third kappa shape index (κ3) is 61.5. The molecule has 0 aliphatic heterocycles. The summed E-state index contributed by atoms with van der Waals surface area (Å²) in [6.45, 7) is 6.27. The van der Waals surface area contributed by atoms with Gasteiger partial charge in [-0.25, -0.2) is 0 Å². The van der Waals surface area contributed by atoms with Gasteiger partial charge in [-0.1, -0.05) is 255 Å². The number of ether oxygens (including phenoxy) is 3. The molecule has 0 saturated carbocycles. The van der Waals surface area contributed by atoms with Crippen molar-refractivity contribution >= 4 is 17.9 Å². The van der Waals surface area contributed by atoms with Gasteiger partial charge in [0.2, 0.25) is 0 Å². The van der Waals surface area contributed by atoms with Crippen LogP contribution in [0, 0.1) is 0 Å². The molecule has 6 heteroatoms. The topological polar surface area (TPSA) is 78.9 Å². The summed E-state index contributed by atoms with van der Waals surface area (Å²) in [5.41, 5.74) is 0. The summed E-state index contributed by atoms with van der Waals surface area (Å²) in [6, 6.07) is 0. The molecule has 0 aromatic carbocycles. The van der Waals surface area contributed by atoms with E-state index in [2.05, 4.69) is 191 Å². The van der Waals surface area contributed by atoms with Crippen molar-refractivity contribution in [1.29, 1.82) is 0 Å². The van der Waals surface area contributed by atoms with E-state index in [0.717, 1.165) is 186 Å². The maximum Gasteiger partial charge on any atom is 0.306 e. The average Bonchev–Trinajstić information content (AvgIpc) is 3.43. The van der Waals surface area contributed by atoms with Crippen LogP contribution in [0.5, 0.6) is 0 Å². The molecule has 0 aliphatic rings. The van der Waals surface area contributed by atoms with Crippen LogP contribution in [0.4, 0.5) is 0 Å². The summed E-state index contributed by atoms with van der Waals surface area (Å²) in [7, 11) is 0. The van der Waals surface area contributed by atoms with Gasteiger partial charge in [0.25, 0.3) is 0 Å². The van der Waals surface area contributed by atoms with Crippen LogP contribution >= 0.6 is 0 Å². The first-order chi connectivity index (χ1) is 38.0. The second kappa shape index (κ2) is 63.3. The Labute approximate surface area is 472 Å². The lowest BCUT2D eigenvalue weighted by Crippen LogP contribution is -2.30. The first-order valence-electron chi connectivity index (χ1n) is 30.6. The van der Waals surface area contributed by atoms with Gasteiger partial charge in [0.15, 0.2) is 6.10 Å². The molecule has 0 radical (unpaired) electrons. The molecule has 0 amide bonds. The molecule has 1 atom stereocenters. The quantitative estimate of drug-likeness (QED) is 0.0261. The minimum Gasteiger partial charge on any atom is -0.462 e. The zero-order valence-electron chi connectivity index (χ0n) is 49.1. The summed E-state index contributed by atoms with van der Waals surface area (Å²) >= 11 is 0. The van der Waals surface area contributed by atoms with E-state index in [4.69, 9.17) is 14.2 Å². The zero-order chi connectivity index (χ0) is 55.7. The lowest BCUT2D eigenvalue weighted by molar-refractivity contribution is -0.167. The fraction of sp³-hybridized carbons (Fsp3) is 0.563. The van der Waals surface area contributed by atoms with Crippen LogP contribution in [0.25, 0.3) is 0 Å². The standard InChI is InChI=1S/C71H110O6/c1-4-7-10-13-15-17-19-21-23-25-27-28-29-30-31-32-33-34-35-36-37-38-39-40-41-42-44-45-47-49-51-53-55-58-61-64-70(73)76-67-68(66-75-69(72)63-60-57-12-9-6-3)77-71(74)65-62-59-56-54-52-50-48-46-43-26-24-22-20-18-16-14-11-8-5-2/h7-8,10-11,15-18,21-24,27-28,30-31,33-34,36-37,39-40,42-44,46-47,49,68H,4-6,9,12-14,19-20,25-26,29,32,35,38,41,45,48,50-67H2,1-3H3/b10-7-,11-8-,17-15-,18-16-,23-21-,24-22-,28-27-,31-30-,34-33-,37-36-,40-39-,44-42-,46-43-,49-47-. The summed E-state index contributed by atoms with van der Waals surface area (Å²) in [6.07, 6.45) is 94.0. The Hall–Kier alpha value is -5.23. The number of hydrogen-bond donors (Lipinski definition) is 0. The Morgan fingerprint density at radius 1 is 0.273 bits per heavy atom. The fourth-order valence-corrected chi connectivity index (χ4v) is 7.69. The molecule has 0 aliphatic carbocycles. The molecular weight excluding hydrogens is 949 g/mol. The number of carbonyl (C=O) groups excluding carboxylic acids is 3. The average molecular weight is 1060 g/mol. The van der Waals surface area contributed by atoms with E-state index in [0.29, 0.717) is 19.3 Å². The predicted octanol–water partition coefficient (Wildman–Crippen LogP) is 21.1. The number of hydrogen-bond acceptors (Lipinski definition) is 6. The Balaban J connectivity index is 4.18. The zero-order valence-corrected chi connectivity index (χ0v) is 49.1. The summed E-state index contributed by atoms with van der Waals surface area (Å²) in [5, 5.41) is 0. The SMILES string of the molecule is CC/C=C\C/C=C\C/C=C\C/C=C\C/C=C\C/C=C\C/C=C\C/C=C\C/C=C\C/C=C\CCCCCCC(=O)OCC(COC(=O)CCCCCCC)OC(=O)CCCCCCCC/C=C\C/C=C\C/C=C\C/C=C\CC. The van der Waals surface area contributed by atoms with Gasteiger partial charge in [0.05, 0.1) is 0 Å². The summed E-state index contributed by atoms with van der Waals surface area (Å²) in [4.78, 5) is 37.8. The van der Waals surface area contributed by atoms with Gasteiger partial charge in [-0.2, -0.15) is 0 Å². The molecule has 0 N–H and O–H groups in total. The van der Waals surface area contributed by atoms with Crippen LogP contribution in [0.2, 0.25) is 0 Å². The first-order valence-corrected chi connectivity index (χ1v) is 30.6. The molecule has 77 heavy (non-hydrogen) atoms. The van der Waals surface area contributed by atoms with Gasteiger partial charge < -0.3 is 14.2 Å². The predicted molar refractivity (Wildman–Crippen MR) is 334 cm³/mol. The molecule has 0 heterocycles. The Morgan fingerprint density at radius 2 is 0.506 bits per heavy atom. The number of rotatable bonds is 53. The number of unbranched alkanes of at least 4 members (excludes halogenated alkanes) is 14. The van der Waals surface area contributed by atoms with Crippen LogP contribution in [0.3, 0.4) is 0 Å². The number of carbonyl (C=O) groups is 3. The normalized spacial score (nSPS) is 13.3. The number of esters is 3. The minimum absolute atomic E-state index is 0.0996. The third-order valence-corrected chi connectivity index (χ3v) is 12.2. The van der Waals surface area contributed by atoms with Crippen molar-refractivity contribution in [3.05, 3.63) is 170 Å². The number of allylic oxidation sites excluding steroid dienone is 28. The van der Waals surface area contributed by atoms with Gasteiger partial charge in [-0.05, 0) is 135 Å². The van der Waals surface area contributed by atoms with Crippen LogP contribution < -0.4 is 0 Å². The molecule has 1 unspecified atom stereocenters. The van der Waals surface area contributed by atoms with E-state index in [-0.39, 0.29) is 31.1 Å². The Kier molecular flexibility index (Phi) is 59.0. The maximum atomic E-state index is 12.8. The van der Waals surface area contributed by atoms with Crippen molar-refractivity contribution in [2.24, 2.45) is 0 Å². The van der Waals surface area contributed by atoms with Gasteiger partial charge in [-0.3, -0.25) is 14.4 Å². The van der Waals surface area contributed by atoms with Crippen molar-refractivity contribution in [1.82, 2.24) is 0 Å². The lowest BCUT2D eigenvalue weighted by Gasteiger charge is -2.18. The van der Waals surface area contributed by atoms with Gasteiger partial charge in [0.1, 0.15) is 13.2 Å². The molecule has 0 spiro atoms. The van der Waals surface area contributed by atoms with Crippen LogP contribution in [-0.4, -0.2) is 37.2 Å². The molecule has 0 saturated heterocycles. The molecule has 0 aromatic rings. The Morgan fingerprint density at radius 3 is 0.792 bits per heavy atom. The van der Waals surface area contributed by atoms with E-state index in [1.54, 1.807) is 0 Å². The van der Waals surface area contributed by atoms with Crippen LogP contribution in [0.15, 0.2) is 170 Å².